The lowest BCUT2D eigenvalue weighted by atomic mass is 9.79. The molecule has 7 heteroatoms. The van der Waals surface area contributed by atoms with Gasteiger partial charge in [0, 0.05) is 26.7 Å². The first kappa shape index (κ1) is 16.7. The lowest BCUT2D eigenvalue weighted by molar-refractivity contribution is -0.125. The number of hydrogen-bond acceptors (Lipinski definition) is 3. The fourth-order valence-corrected chi connectivity index (χ4v) is 4.69. The number of imide groups is 1. The summed E-state index contributed by atoms with van der Waals surface area (Å²) in [5.74, 6) is 1.89. The van der Waals surface area contributed by atoms with E-state index in [-0.39, 0.29) is 17.9 Å². The Hall–Kier alpha value is -1.79. The molecule has 2 heterocycles. The highest BCUT2D eigenvalue weighted by Crippen LogP contribution is 2.60. The molecule has 7 nitrogen and oxygen atoms in total. The van der Waals surface area contributed by atoms with Crippen LogP contribution in [0.2, 0.25) is 0 Å². The molecule has 2 saturated carbocycles. The van der Waals surface area contributed by atoms with Crippen molar-refractivity contribution >= 4 is 17.9 Å². The molecule has 1 atom stereocenters. The second-order valence-electron chi connectivity index (χ2n) is 8.41. The van der Waals surface area contributed by atoms with Crippen molar-refractivity contribution in [1.82, 2.24) is 20.9 Å². The van der Waals surface area contributed by atoms with E-state index in [0.717, 1.165) is 44.4 Å². The lowest BCUT2D eigenvalue weighted by Gasteiger charge is -2.40. The van der Waals surface area contributed by atoms with E-state index < -0.39 is 5.54 Å². The largest absolute Gasteiger partial charge is 0.356 e. The van der Waals surface area contributed by atoms with Gasteiger partial charge in [-0.15, -0.1) is 0 Å². The molecule has 2 aliphatic carbocycles. The molecule has 0 bridgehead atoms. The highest BCUT2D eigenvalue weighted by molar-refractivity contribution is 6.07. The summed E-state index contributed by atoms with van der Waals surface area (Å²) in [4.78, 5) is 30.4. The summed E-state index contributed by atoms with van der Waals surface area (Å²) < 4.78 is 0. The van der Waals surface area contributed by atoms with E-state index in [4.69, 9.17) is 0 Å². The highest BCUT2D eigenvalue weighted by atomic mass is 16.2. The molecular formula is C18H29N5O2. The van der Waals surface area contributed by atoms with E-state index in [9.17, 15) is 9.59 Å². The smallest absolute Gasteiger partial charge is 0.322 e. The van der Waals surface area contributed by atoms with Gasteiger partial charge in [-0.05, 0) is 62.7 Å². The van der Waals surface area contributed by atoms with Crippen molar-refractivity contribution in [2.45, 2.75) is 51.0 Å². The molecule has 2 aliphatic heterocycles. The standard InChI is InChI=1S/C18H29N5O2/c1-17(14(24)21-16(25)22-17)12-5-9-23(10-6-12)15(19-2)20-11-18(7-8-18)13-3-4-13/h12-13H,3-11H2,1-2H3,(H,19,20)(H2,21,22,24,25). The third-order valence-corrected chi connectivity index (χ3v) is 6.83. The van der Waals surface area contributed by atoms with Crippen LogP contribution >= 0.6 is 0 Å². The Morgan fingerprint density at radius 2 is 1.88 bits per heavy atom. The Morgan fingerprint density at radius 3 is 2.36 bits per heavy atom. The van der Waals surface area contributed by atoms with Gasteiger partial charge in [0.1, 0.15) is 5.54 Å². The van der Waals surface area contributed by atoms with Crippen LogP contribution in [0.5, 0.6) is 0 Å². The van der Waals surface area contributed by atoms with Crippen molar-refractivity contribution in [2.24, 2.45) is 22.2 Å². The van der Waals surface area contributed by atoms with Crippen LogP contribution in [0.25, 0.3) is 0 Å². The van der Waals surface area contributed by atoms with Crippen molar-refractivity contribution in [2.75, 3.05) is 26.7 Å². The Labute approximate surface area is 149 Å². The molecule has 4 aliphatic rings. The van der Waals surface area contributed by atoms with Crippen LogP contribution in [-0.2, 0) is 4.79 Å². The highest BCUT2D eigenvalue weighted by Gasteiger charge is 2.53. The minimum absolute atomic E-state index is 0.162. The van der Waals surface area contributed by atoms with Crippen molar-refractivity contribution in [3.8, 4) is 0 Å². The van der Waals surface area contributed by atoms with E-state index in [1.54, 1.807) is 0 Å². The Kier molecular flexibility index (Phi) is 3.92. The van der Waals surface area contributed by atoms with Gasteiger partial charge in [0.2, 0.25) is 0 Å². The molecule has 3 N–H and O–H groups in total. The summed E-state index contributed by atoms with van der Waals surface area (Å²) in [7, 11) is 1.84. The van der Waals surface area contributed by atoms with Crippen LogP contribution in [0.4, 0.5) is 4.79 Å². The summed E-state index contributed by atoms with van der Waals surface area (Å²) in [6, 6.07) is -0.373. The first-order valence-electron chi connectivity index (χ1n) is 9.56. The fourth-order valence-electron chi connectivity index (χ4n) is 4.69. The third-order valence-electron chi connectivity index (χ3n) is 6.83. The van der Waals surface area contributed by atoms with Gasteiger partial charge in [-0.1, -0.05) is 0 Å². The number of guanidine groups is 1. The van der Waals surface area contributed by atoms with Crippen molar-refractivity contribution in [3.05, 3.63) is 0 Å². The number of carbonyl (C=O) groups excluding carboxylic acids is 2. The molecule has 0 aromatic rings. The Morgan fingerprint density at radius 1 is 1.20 bits per heavy atom. The van der Waals surface area contributed by atoms with Crippen molar-refractivity contribution in [3.63, 3.8) is 0 Å². The zero-order valence-corrected chi connectivity index (χ0v) is 15.2. The molecule has 3 amide bonds. The molecule has 4 rings (SSSR count). The number of urea groups is 1. The van der Waals surface area contributed by atoms with Gasteiger partial charge in [0.15, 0.2) is 5.96 Å². The number of amides is 3. The SMILES string of the molecule is CN=C(NCC1(C2CC2)CC1)N1CCC(C2(C)NC(=O)NC2=O)CC1. The van der Waals surface area contributed by atoms with Crippen LogP contribution in [-0.4, -0.2) is 55.0 Å². The number of nitrogens with zero attached hydrogens (tertiary/aromatic N) is 2. The van der Waals surface area contributed by atoms with E-state index in [2.05, 4.69) is 25.8 Å². The monoisotopic (exact) mass is 347 g/mol. The molecule has 2 saturated heterocycles. The van der Waals surface area contributed by atoms with Crippen LogP contribution < -0.4 is 16.0 Å². The number of likely N-dealkylation sites (tertiary alicyclic amines) is 1. The maximum atomic E-state index is 12.1. The molecular weight excluding hydrogens is 318 g/mol. The predicted molar refractivity (Wildman–Crippen MR) is 95.1 cm³/mol. The van der Waals surface area contributed by atoms with Crippen LogP contribution in [0.15, 0.2) is 4.99 Å². The minimum atomic E-state index is -0.774. The second-order valence-corrected chi connectivity index (χ2v) is 8.41. The number of carbonyl (C=O) groups is 2. The van der Waals surface area contributed by atoms with E-state index in [1.807, 2.05) is 14.0 Å². The number of rotatable bonds is 4. The molecule has 1 unspecified atom stereocenters. The van der Waals surface area contributed by atoms with Crippen LogP contribution in [0.1, 0.15) is 45.4 Å². The molecule has 0 spiro atoms. The van der Waals surface area contributed by atoms with Gasteiger partial charge in [-0.3, -0.25) is 15.1 Å². The molecule has 138 valence electrons. The van der Waals surface area contributed by atoms with Gasteiger partial charge in [0.05, 0.1) is 0 Å². The molecule has 0 radical (unpaired) electrons. The summed E-state index contributed by atoms with van der Waals surface area (Å²) in [5, 5.41) is 8.79. The molecule has 25 heavy (non-hydrogen) atoms. The second kappa shape index (κ2) is 5.88. The maximum Gasteiger partial charge on any atom is 0.322 e. The number of nitrogens with one attached hydrogen (secondary N) is 3. The third kappa shape index (κ3) is 2.98. The summed E-state index contributed by atoms with van der Waals surface area (Å²) in [6.07, 6.45) is 7.27. The van der Waals surface area contributed by atoms with Crippen molar-refractivity contribution in [1.29, 1.82) is 0 Å². The van der Waals surface area contributed by atoms with Gasteiger partial charge < -0.3 is 15.5 Å². The Balaban J connectivity index is 1.31. The van der Waals surface area contributed by atoms with Gasteiger partial charge in [-0.2, -0.15) is 0 Å². The predicted octanol–water partition coefficient (Wildman–Crippen LogP) is 1.06. The van der Waals surface area contributed by atoms with Gasteiger partial charge in [-0.25, -0.2) is 4.79 Å². The molecule has 0 aromatic carbocycles. The first-order chi connectivity index (χ1) is 12.0. The fraction of sp³-hybridized carbons (Fsp3) is 0.833. The minimum Gasteiger partial charge on any atom is -0.356 e. The number of piperidine rings is 1. The molecule has 4 fully saturated rings. The molecule has 0 aromatic heterocycles. The Bertz CT molecular complexity index is 603. The van der Waals surface area contributed by atoms with Gasteiger partial charge >= 0.3 is 6.03 Å². The summed E-state index contributed by atoms with van der Waals surface area (Å²) in [5.41, 5.74) is -0.224. The normalized spacial score (nSPS) is 32.4. The summed E-state index contributed by atoms with van der Waals surface area (Å²) >= 11 is 0. The summed E-state index contributed by atoms with van der Waals surface area (Å²) in [6.45, 7) is 4.60. The average molecular weight is 347 g/mol. The van der Waals surface area contributed by atoms with Gasteiger partial charge in [0.25, 0.3) is 5.91 Å². The van der Waals surface area contributed by atoms with Crippen molar-refractivity contribution < 1.29 is 9.59 Å². The van der Waals surface area contributed by atoms with Crippen LogP contribution in [0.3, 0.4) is 0 Å². The zero-order chi connectivity index (χ0) is 17.7. The number of aliphatic imine (C=N–C) groups is 1. The van der Waals surface area contributed by atoms with Crippen LogP contribution in [0, 0.1) is 17.3 Å². The lowest BCUT2D eigenvalue weighted by Crippen LogP contribution is -2.55. The number of hydrogen-bond donors (Lipinski definition) is 3. The first-order valence-corrected chi connectivity index (χ1v) is 9.56. The van der Waals surface area contributed by atoms with E-state index in [0.29, 0.717) is 5.41 Å². The topological polar surface area (TPSA) is 85.8 Å². The quantitative estimate of drug-likeness (QED) is 0.403. The maximum absolute atomic E-state index is 12.1. The zero-order valence-electron chi connectivity index (χ0n) is 15.2. The average Bonchev–Trinajstić information content (AvgIpc) is 3.48. The van der Waals surface area contributed by atoms with E-state index in [1.165, 1.54) is 25.7 Å². The van der Waals surface area contributed by atoms with E-state index >= 15 is 0 Å².